The second-order valence-electron chi connectivity index (χ2n) is 7.85. The van der Waals surface area contributed by atoms with E-state index in [1.807, 2.05) is 6.07 Å². The third-order valence-electron chi connectivity index (χ3n) is 6.14. The standard InChI is InChI=1S/C21H32N2O/c1-5-6-11-23(19-13-17-8-9-18(14-19)22(17)4)21(24)20-10-7-15(2)12-16(20)3/h7,10,12,17-19H,5-6,8-9,11,13-14H2,1-4H3. The van der Waals surface area contributed by atoms with Crippen molar-refractivity contribution in [2.45, 2.75) is 77.4 Å². The van der Waals surface area contributed by atoms with E-state index in [4.69, 9.17) is 0 Å². The number of fused-ring (bicyclic) bond motifs is 2. The second-order valence-corrected chi connectivity index (χ2v) is 7.85. The first-order valence-electron chi connectivity index (χ1n) is 9.61. The average Bonchev–Trinajstić information content (AvgIpc) is 2.76. The molecule has 2 aliphatic rings. The lowest BCUT2D eigenvalue weighted by Gasteiger charge is -2.42. The molecule has 0 aromatic heterocycles. The Balaban J connectivity index is 1.82. The quantitative estimate of drug-likeness (QED) is 0.810. The number of hydrogen-bond donors (Lipinski definition) is 0. The molecule has 2 fully saturated rings. The van der Waals surface area contributed by atoms with Gasteiger partial charge in [-0.25, -0.2) is 0 Å². The highest BCUT2D eigenvalue weighted by Crippen LogP contribution is 2.37. The van der Waals surface area contributed by atoms with Gasteiger partial charge in [0.2, 0.25) is 0 Å². The number of piperidine rings is 1. The zero-order valence-corrected chi connectivity index (χ0v) is 15.7. The average molecular weight is 329 g/mol. The summed E-state index contributed by atoms with van der Waals surface area (Å²) in [6.07, 6.45) is 7.13. The number of nitrogens with zero attached hydrogens (tertiary/aromatic N) is 2. The minimum absolute atomic E-state index is 0.245. The molecule has 132 valence electrons. The molecular formula is C21H32N2O. The summed E-state index contributed by atoms with van der Waals surface area (Å²) in [5.41, 5.74) is 3.22. The van der Waals surface area contributed by atoms with E-state index >= 15 is 0 Å². The topological polar surface area (TPSA) is 23.6 Å². The predicted molar refractivity (Wildman–Crippen MR) is 99.5 cm³/mol. The van der Waals surface area contributed by atoms with Crippen molar-refractivity contribution in [3.05, 3.63) is 34.9 Å². The highest BCUT2D eigenvalue weighted by atomic mass is 16.2. The summed E-state index contributed by atoms with van der Waals surface area (Å²) < 4.78 is 0. The smallest absolute Gasteiger partial charge is 0.254 e. The van der Waals surface area contributed by atoms with Crippen molar-refractivity contribution in [1.29, 1.82) is 0 Å². The molecule has 3 nitrogen and oxygen atoms in total. The van der Waals surface area contributed by atoms with Crippen LogP contribution in [0, 0.1) is 13.8 Å². The van der Waals surface area contributed by atoms with Crippen molar-refractivity contribution in [2.75, 3.05) is 13.6 Å². The second kappa shape index (κ2) is 7.26. The Morgan fingerprint density at radius 1 is 1.21 bits per heavy atom. The van der Waals surface area contributed by atoms with Gasteiger partial charge in [-0.05, 0) is 64.6 Å². The molecule has 1 aromatic rings. The van der Waals surface area contributed by atoms with Crippen LogP contribution in [0.25, 0.3) is 0 Å². The van der Waals surface area contributed by atoms with Gasteiger partial charge < -0.3 is 9.80 Å². The predicted octanol–water partition coefficient (Wildman–Crippen LogP) is 4.17. The third kappa shape index (κ3) is 3.37. The maximum Gasteiger partial charge on any atom is 0.254 e. The number of carbonyl (C=O) groups excluding carboxylic acids is 1. The molecule has 3 heteroatoms. The van der Waals surface area contributed by atoms with Crippen LogP contribution in [0.2, 0.25) is 0 Å². The van der Waals surface area contributed by atoms with E-state index in [1.54, 1.807) is 0 Å². The number of hydrogen-bond acceptors (Lipinski definition) is 2. The Kier molecular flexibility index (Phi) is 5.29. The van der Waals surface area contributed by atoms with Gasteiger partial charge in [-0.15, -0.1) is 0 Å². The van der Waals surface area contributed by atoms with Crippen molar-refractivity contribution in [1.82, 2.24) is 9.80 Å². The van der Waals surface area contributed by atoms with E-state index in [1.165, 1.54) is 18.4 Å². The number of benzene rings is 1. The van der Waals surface area contributed by atoms with E-state index < -0.39 is 0 Å². The summed E-state index contributed by atoms with van der Waals surface area (Å²) in [6, 6.07) is 7.98. The molecule has 0 saturated carbocycles. The Hall–Kier alpha value is -1.35. The van der Waals surface area contributed by atoms with E-state index in [0.717, 1.165) is 43.4 Å². The van der Waals surface area contributed by atoms with Gasteiger partial charge in [0.15, 0.2) is 0 Å². The molecule has 1 amide bonds. The molecule has 0 radical (unpaired) electrons. The molecule has 0 aliphatic carbocycles. The lowest BCUT2D eigenvalue weighted by molar-refractivity contribution is 0.0480. The van der Waals surface area contributed by atoms with Crippen LogP contribution in [-0.4, -0.2) is 47.4 Å². The number of rotatable bonds is 5. The summed E-state index contributed by atoms with van der Waals surface area (Å²) in [4.78, 5) is 18.1. The molecule has 2 aliphatic heterocycles. The fourth-order valence-corrected chi connectivity index (χ4v) is 4.62. The van der Waals surface area contributed by atoms with Gasteiger partial charge in [0.05, 0.1) is 0 Å². The molecule has 3 rings (SSSR count). The maximum atomic E-state index is 13.3. The van der Waals surface area contributed by atoms with Crippen molar-refractivity contribution in [3.63, 3.8) is 0 Å². The molecule has 24 heavy (non-hydrogen) atoms. The summed E-state index contributed by atoms with van der Waals surface area (Å²) in [5, 5.41) is 0. The van der Waals surface area contributed by atoms with Crippen LogP contribution < -0.4 is 0 Å². The zero-order valence-electron chi connectivity index (χ0n) is 15.7. The Morgan fingerprint density at radius 2 is 1.88 bits per heavy atom. The summed E-state index contributed by atoms with van der Waals surface area (Å²) in [6.45, 7) is 7.26. The molecule has 0 N–H and O–H groups in total. The first-order chi connectivity index (χ1) is 11.5. The third-order valence-corrected chi connectivity index (χ3v) is 6.14. The van der Waals surface area contributed by atoms with Crippen LogP contribution in [0.4, 0.5) is 0 Å². The van der Waals surface area contributed by atoms with Crippen LogP contribution in [0.3, 0.4) is 0 Å². The van der Waals surface area contributed by atoms with Crippen LogP contribution >= 0.6 is 0 Å². The summed E-state index contributed by atoms with van der Waals surface area (Å²) >= 11 is 0. The first-order valence-corrected chi connectivity index (χ1v) is 9.61. The fraction of sp³-hybridized carbons (Fsp3) is 0.667. The van der Waals surface area contributed by atoms with Gasteiger partial charge in [0.1, 0.15) is 0 Å². The number of unbranched alkanes of at least 4 members (excludes halogenated alkanes) is 1. The van der Waals surface area contributed by atoms with Gasteiger partial charge in [-0.2, -0.15) is 0 Å². The number of aryl methyl sites for hydroxylation is 2. The molecule has 2 unspecified atom stereocenters. The lowest BCUT2D eigenvalue weighted by atomic mass is 9.94. The Labute approximate surface area is 147 Å². The van der Waals surface area contributed by atoms with Crippen molar-refractivity contribution in [2.24, 2.45) is 0 Å². The molecule has 1 aromatic carbocycles. The molecule has 2 bridgehead atoms. The van der Waals surface area contributed by atoms with Gasteiger partial charge in [0.25, 0.3) is 5.91 Å². The molecule has 2 atom stereocenters. The summed E-state index contributed by atoms with van der Waals surface area (Å²) in [5.74, 6) is 0.245. The van der Waals surface area contributed by atoms with E-state index in [9.17, 15) is 4.79 Å². The van der Waals surface area contributed by atoms with E-state index in [0.29, 0.717) is 18.1 Å². The van der Waals surface area contributed by atoms with Crippen LogP contribution in [-0.2, 0) is 0 Å². The SMILES string of the molecule is CCCCN(C(=O)c1ccc(C)cc1C)C1CC2CCC(C1)N2C. The van der Waals surface area contributed by atoms with Gasteiger partial charge >= 0.3 is 0 Å². The minimum Gasteiger partial charge on any atom is -0.336 e. The lowest BCUT2D eigenvalue weighted by Crippen LogP contribution is -2.51. The van der Waals surface area contributed by atoms with Gasteiger partial charge in [-0.3, -0.25) is 4.79 Å². The van der Waals surface area contributed by atoms with Crippen LogP contribution in [0.15, 0.2) is 18.2 Å². The molecule has 2 heterocycles. The Bertz CT molecular complexity index is 584. The van der Waals surface area contributed by atoms with Crippen molar-refractivity contribution in [3.8, 4) is 0 Å². The Morgan fingerprint density at radius 3 is 2.46 bits per heavy atom. The van der Waals surface area contributed by atoms with Crippen molar-refractivity contribution < 1.29 is 4.79 Å². The van der Waals surface area contributed by atoms with Gasteiger partial charge in [-0.1, -0.05) is 31.0 Å². The maximum absolute atomic E-state index is 13.3. The monoisotopic (exact) mass is 328 g/mol. The minimum atomic E-state index is 0.245. The first kappa shape index (κ1) is 17.5. The van der Waals surface area contributed by atoms with Crippen LogP contribution in [0.1, 0.15) is 66.9 Å². The van der Waals surface area contributed by atoms with Gasteiger partial charge in [0, 0.05) is 30.2 Å². The highest BCUT2D eigenvalue weighted by Gasteiger charge is 2.41. The number of amides is 1. The number of carbonyl (C=O) groups is 1. The normalized spacial score (nSPS) is 26.6. The van der Waals surface area contributed by atoms with E-state index in [2.05, 4.69) is 49.8 Å². The van der Waals surface area contributed by atoms with E-state index in [-0.39, 0.29) is 5.91 Å². The fourth-order valence-electron chi connectivity index (χ4n) is 4.62. The largest absolute Gasteiger partial charge is 0.336 e. The zero-order chi connectivity index (χ0) is 17.3. The highest BCUT2D eigenvalue weighted by molar-refractivity contribution is 5.96. The van der Waals surface area contributed by atoms with Crippen molar-refractivity contribution >= 4 is 5.91 Å². The molecule has 0 spiro atoms. The molecular weight excluding hydrogens is 296 g/mol. The molecule has 2 saturated heterocycles. The summed E-state index contributed by atoms with van der Waals surface area (Å²) in [7, 11) is 2.26. The van der Waals surface area contributed by atoms with Crippen LogP contribution in [0.5, 0.6) is 0 Å².